The first kappa shape index (κ1) is 24.7. The van der Waals surface area contributed by atoms with Crippen LogP contribution in [0.5, 0.6) is 0 Å². The number of aryl methyl sites for hydroxylation is 4. The zero-order chi connectivity index (χ0) is 26.1. The number of nitrogens with zero attached hydrogens (tertiary/aromatic N) is 4. The van der Waals surface area contributed by atoms with E-state index in [1.165, 1.54) is 16.0 Å². The number of rotatable bonds is 7. The molecule has 0 saturated carbocycles. The Morgan fingerprint density at radius 2 is 1.86 bits per heavy atom. The molecule has 7 heteroatoms. The Kier molecular flexibility index (Phi) is 6.78. The lowest BCUT2D eigenvalue weighted by Crippen LogP contribution is -2.35. The fourth-order valence-electron chi connectivity index (χ4n) is 5.38. The lowest BCUT2D eigenvalue weighted by molar-refractivity contribution is -0.129. The van der Waals surface area contributed by atoms with E-state index in [9.17, 15) is 9.59 Å². The van der Waals surface area contributed by atoms with Gasteiger partial charge in [0.05, 0.1) is 5.52 Å². The van der Waals surface area contributed by atoms with Gasteiger partial charge >= 0.3 is 6.09 Å². The number of carbonyl (C=O) groups excluding carboxylic acids is 2. The molecule has 7 nitrogen and oxygen atoms in total. The number of amides is 2. The summed E-state index contributed by atoms with van der Waals surface area (Å²) in [5.41, 5.74) is 8.22. The fraction of sp³-hybridized carbons (Fsp3) is 0.333. The molecule has 5 rings (SSSR count). The van der Waals surface area contributed by atoms with Gasteiger partial charge in [-0.25, -0.2) is 14.4 Å². The van der Waals surface area contributed by atoms with Gasteiger partial charge in [0.25, 0.3) is 0 Å². The zero-order valence-corrected chi connectivity index (χ0v) is 21.8. The summed E-state index contributed by atoms with van der Waals surface area (Å²) >= 11 is 0. The SMILES string of the molecule is CCc1cc(C(CC(=O)N2C(=O)OC[C@H]2c2ccccc2)c2ccc3c(nnn3CC)c2C)ccc1C. The van der Waals surface area contributed by atoms with E-state index < -0.39 is 12.1 Å². The van der Waals surface area contributed by atoms with Crippen LogP contribution >= 0.6 is 0 Å². The van der Waals surface area contributed by atoms with Crippen molar-refractivity contribution >= 4 is 23.0 Å². The molecule has 0 bridgehead atoms. The highest BCUT2D eigenvalue weighted by Crippen LogP contribution is 2.37. The first-order valence-corrected chi connectivity index (χ1v) is 12.9. The van der Waals surface area contributed by atoms with Crippen molar-refractivity contribution < 1.29 is 14.3 Å². The molecule has 2 amide bonds. The molecule has 0 radical (unpaired) electrons. The van der Waals surface area contributed by atoms with Gasteiger partial charge in [-0.3, -0.25) is 4.79 Å². The minimum Gasteiger partial charge on any atom is -0.446 e. The number of benzene rings is 3. The molecule has 1 saturated heterocycles. The quantitative estimate of drug-likeness (QED) is 0.320. The van der Waals surface area contributed by atoms with E-state index in [1.54, 1.807) is 0 Å². The second kappa shape index (κ2) is 10.2. The molecule has 0 N–H and O–H groups in total. The van der Waals surface area contributed by atoms with Gasteiger partial charge in [-0.1, -0.05) is 66.7 Å². The minimum absolute atomic E-state index is 0.138. The Bertz CT molecular complexity index is 1460. The third-order valence-electron chi connectivity index (χ3n) is 7.52. The van der Waals surface area contributed by atoms with E-state index in [0.717, 1.165) is 46.3 Å². The first-order valence-electron chi connectivity index (χ1n) is 12.9. The number of imide groups is 1. The normalized spacial score (nSPS) is 16.3. The molecule has 0 spiro atoms. The number of hydrogen-bond acceptors (Lipinski definition) is 5. The molecule has 1 aliphatic rings. The summed E-state index contributed by atoms with van der Waals surface area (Å²) in [6.45, 7) is 9.21. The smallest absolute Gasteiger partial charge is 0.417 e. The van der Waals surface area contributed by atoms with Crippen molar-refractivity contribution in [3.8, 4) is 0 Å². The average molecular weight is 497 g/mol. The van der Waals surface area contributed by atoms with Gasteiger partial charge < -0.3 is 4.74 Å². The summed E-state index contributed by atoms with van der Waals surface area (Å²) < 4.78 is 7.21. The van der Waals surface area contributed by atoms with E-state index in [1.807, 2.05) is 54.9 Å². The predicted octanol–water partition coefficient (Wildman–Crippen LogP) is 5.87. The van der Waals surface area contributed by atoms with Gasteiger partial charge in [0.2, 0.25) is 5.91 Å². The second-order valence-corrected chi connectivity index (χ2v) is 9.62. The van der Waals surface area contributed by atoms with Crippen LogP contribution in [0.2, 0.25) is 0 Å². The van der Waals surface area contributed by atoms with Crippen molar-refractivity contribution in [1.29, 1.82) is 0 Å². The number of ether oxygens (including phenoxy) is 1. The van der Waals surface area contributed by atoms with Crippen molar-refractivity contribution in [2.24, 2.45) is 0 Å². The molecule has 0 aliphatic carbocycles. The maximum absolute atomic E-state index is 13.8. The number of hydrogen-bond donors (Lipinski definition) is 0. The lowest BCUT2D eigenvalue weighted by atomic mass is 9.83. The molecule has 1 aliphatic heterocycles. The lowest BCUT2D eigenvalue weighted by Gasteiger charge is -2.25. The van der Waals surface area contributed by atoms with E-state index in [0.29, 0.717) is 0 Å². The van der Waals surface area contributed by atoms with Crippen LogP contribution in [0.4, 0.5) is 4.79 Å². The maximum Gasteiger partial charge on any atom is 0.417 e. The van der Waals surface area contributed by atoms with Gasteiger partial charge in [0, 0.05) is 18.9 Å². The first-order chi connectivity index (χ1) is 17.9. The van der Waals surface area contributed by atoms with Gasteiger partial charge in [-0.05, 0) is 66.6 Å². The molecule has 1 fully saturated rings. The maximum atomic E-state index is 13.8. The van der Waals surface area contributed by atoms with Crippen LogP contribution in [-0.4, -0.2) is 38.5 Å². The Hall–Kier alpha value is -4.00. The van der Waals surface area contributed by atoms with Crippen LogP contribution in [0.3, 0.4) is 0 Å². The summed E-state index contributed by atoms with van der Waals surface area (Å²) in [5.74, 6) is -0.504. The standard InChI is InChI=1S/C30H32N4O3/c1-5-21-16-23(13-12-19(21)3)25(24-14-15-26-29(20(24)4)31-32-33(26)6-2)17-28(35)34-27(18-37-30(34)36)22-10-8-7-9-11-22/h7-16,25,27H,5-6,17-18H2,1-4H3/t25?,27-/m0/s1. The van der Waals surface area contributed by atoms with E-state index >= 15 is 0 Å². The number of fused-ring (bicyclic) bond motifs is 1. The highest BCUT2D eigenvalue weighted by Gasteiger charge is 2.40. The molecule has 3 aromatic carbocycles. The molecular weight excluding hydrogens is 464 g/mol. The van der Waals surface area contributed by atoms with Crippen molar-refractivity contribution in [2.75, 3.05) is 6.61 Å². The van der Waals surface area contributed by atoms with Crippen LogP contribution in [0.1, 0.15) is 65.6 Å². The Balaban J connectivity index is 1.57. The summed E-state index contributed by atoms with van der Waals surface area (Å²) in [5, 5.41) is 8.73. The highest BCUT2D eigenvalue weighted by atomic mass is 16.6. The van der Waals surface area contributed by atoms with Crippen molar-refractivity contribution in [2.45, 2.75) is 59.0 Å². The Morgan fingerprint density at radius 1 is 1.08 bits per heavy atom. The monoisotopic (exact) mass is 496 g/mol. The van der Waals surface area contributed by atoms with Crippen molar-refractivity contribution in [1.82, 2.24) is 19.9 Å². The third-order valence-corrected chi connectivity index (χ3v) is 7.52. The number of aromatic nitrogens is 3. The largest absolute Gasteiger partial charge is 0.446 e. The summed E-state index contributed by atoms with van der Waals surface area (Å²) in [4.78, 5) is 27.9. The number of carbonyl (C=O) groups is 2. The summed E-state index contributed by atoms with van der Waals surface area (Å²) in [7, 11) is 0. The van der Waals surface area contributed by atoms with Crippen LogP contribution in [0.25, 0.3) is 11.0 Å². The molecule has 1 aromatic heterocycles. The zero-order valence-electron chi connectivity index (χ0n) is 21.8. The minimum atomic E-state index is -0.589. The molecule has 190 valence electrons. The van der Waals surface area contributed by atoms with Crippen LogP contribution < -0.4 is 0 Å². The second-order valence-electron chi connectivity index (χ2n) is 9.62. The Labute approximate surface area is 217 Å². The summed E-state index contributed by atoms with van der Waals surface area (Å²) in [6, 6.07) is 19.7. The Morgan fingerprint density at radius 3 is 2.59 bits per heavy atom. The molecule has 1 unspecified atom stereocenters. The van der Waals surface area contributed by atoms with Gasteiger partial charge in [0.15, 0.2) is 0 Å². The molecular formula is C30H32N4O3. The van der Waals surface area contributed by atoms with Crippen LogP contribution in [0.15, 0.2) is 60.7 Å². The third kappa shape index (κ3) is 4.50. The topological polar surface area (TPSA) is 77.3 Å². The summed E-state index contributed by atoms with van der Waals surface area (Å²) in [6.07, 6.45) is 0.449. The van der Waals surface area contributed by atoms with Crippen molar-refractivity contribution in [3.63, 3.8) is 0 Å². The van der Waals surface area contributed by atoms with Gasteiger partial charge in [0.1, 0.15) is 18.2 Å². The van der Waals surface area contributed by atoms with E-state index in [4.69, 9.17) is 4.74 Å². The predicted molar refractivity (Wildman–Crippen MR) is 142 cm³/mol. The number of cyclic esters (lactones) is 1. The van der Waals surface area contributed by atoms with Gasteiger partial charge in [-0.2, -0.15) is 0 Å². The molecule has 2 atom stereocenters. The molecule has 4 aromatic rings. The average Bonchev–Trinajstić information content (AvgIpc) is 3.52. The molecule has 2 heterocycles. The van der Waals surface area contributed by atoms with Crippen LogP contribution in [0, 0.1) is 13.8 Å². The van der Waals surface area contributed by atoms with Crippen LogP contribution in [-0.2, 0) is 22.5 Å². The van der Waals surface area contributed by atoms with E-state index in [-0.39, 0.29) is 24.9 Å². The molecule has 37 heavy (non-hydrogen) atoms. The van der Waals surface area contributed by atoms with Gasteiger partial charge in [-0.15, -0.1) is 5.10 Å². The fourth-order valence-corrected chi connectivity index (χ4v) is 5.38. The van der Waals surface area contributed by atoms with E-state index in [2.05, 4.69) is 48.4 Å². The van der Waals surface area contributed by atoms with Crippen molar-refractivity contribution in [3.05, 3.63) is 94.0 Å². The highest BCUT2D eigenvalue weighted by molar-refractivity contribution is 5.94.